The molecule has 0 saturated carbocycles. The molecule has 1 aromatic heterocycles. The SMILES string of the molecule is COc1cc(Nc2ncnc(Nc3ccccc3NNNCCc3ccccc3)n2)cc(OC)c1OC. The Labute approximate surface area is 215 Å². The summed E-state index contributed by atoms with van der Waals surface area (Å²) in [5.41, 5.74) is 12.9. The number of anilines is 5. The van der Waals surface area contributed by atoms with Crippen LogP contribution in [0.2, 0.25) is 0 Å². The summed E-state index contributed by atoms with van der Waals surface area (Å²) in [5, 5.41) is 6.38. The molecule has 4 aromatic rings. The minimum Gasteiger partial charge on any atom is -0.493 e. The van der Waals surface area contributed by atoms with Gasteiger partial charge in [-0.1, -0.05) is 42.5 Å². The molecule has 1 heterocycles. The zero-order valence-electron chi connectivity index (χ0n) is 20.9. The molecule has 3 aromatic carbocycles. The summed E-state index contributed by atoms with van der Waals surface area (Å²) < 4.78 is 16.2. The summed E-state index contributed by atoms with van der Waals surface area (Å²) in [4.78, 5) is 13.0. The lowest BCUT2D eigenvalue weighted by atomic mass is 10.2. The Balaban J connectivity index is 1.39. The highest BCUT2D eigenvalue weighted by atomic mass is 16.5. The van der Waals surface area contributed by atoms with E-state index >= 15 is 0 Å². The van der Waals surface area contributed by atoms with Gasteiger partial charge in [-0.05, 0) is 24.1 Å². The number of hydrazine groups is 2. The fourth-order valence-corrected chi connectivity index (χ4v) is 3.55. The van der Waals surface area contributed by atoms with Crippen LogP contribution < -0.4 is 41.2 Å². The molecule has 0 unspecified atom stereocenters. The summed E-state index contributed by atoms with van der Waals surface area (Å²) in [6.45, 7) is 0.760. The molecule has 0 spiro atoms. The fourth-order valence-electron chi connectivity index (χ4n) is 3.55. The first-order valence-electron chi connectivity index (χ1n) is 11.6. The molecule has 0 bridgehead atoms. The predicted molar refractivity (Wildman–Crippen MR) is 144 cm³/mol. The van der Waals surface area contributed by atoms with Gasteiger partial charge < -0.3 is 30.3 Å². The monoisotopic (exact) mass is 502 g/mol. The van der Waals surface area contributed by atoms with E-state index in [9.17, 15) is 0 Å². The van der Waals surface area contributed by atoms with Crippen LogP contribution in [0.4, 0.5) is 29.0 Å². The van der Waals surface area contributed by atoms with Crippen LogP contribution in [0, 0.1) is 0 Å². The van der Waals surface area contributed by atoms with Crippen LogP contribution in [0.5, 0.6) is 17.2 Å². The third kappa shape index (κ3) is 6.97. The van der Waals surface area contributed by atoms with Gasteiger partial charge in [-0.3, -0.25) is 0 Å². The van der Waals surface area contributed by atoms with E-state index in [1.54, 1.807) is 33.5 Å². The maximum absolute atomic E-state index is 5.41. The predicted octanol–water partition coefficient (Wildman–Crippen LogP) is 4.05. The molecule has 0 aliphatic heterocycles. The van der Waals surface area contributed by atoms with Crippen molar-refractivity contribution in [3.8, 4) is 17.2 Å². The smallest absolute Gasteiger partial charge is 0.232 e. The van der Waals surface area contributed by atoms with Gasteiger partial charge in [0.2, 0.25) is 17.6 Å². The van der Waals surface area contributed by atoms with Crippen molar-refractivity contribution < 1.29 is 14.2 Å². The lowest BCUT2D eigenvalue weighted by molar-refractivity contribution is 0.324. The molecule has 11 nitrogen and oxygen atoms in total. The molecule has 37 heavy (non-hydrogen) atoms. The van der Waals surface area contributed by atoms with Gasteiger partial charge >= 0.3 is 0 Å². The van der Waals surface area contributed by atoms with Crippen molar-refractivity contribution in [2.24, 2.45) is 0 Å². The number of rotatable bonds is 13. The quantitative estimate of drug-likeness (QED) is 0.134. The van der Waals surface area contributed by atoms with Crippen LogP contribution in [0.15, 0.2) is 73.1 Å². The minimum atomic E-state index is 0.345. The van der Waals surface area contributed by atoms with E-state index in [2.05, 4.69) is 54.1 Å². The van der Waals surface area contributed by atoms with Crippen molar-refractivity contribution in [3.63, 3.8) is 0 Å². The van der Waals surface area contributed by atoms with Crippen molar-refractivity contribution in [1.82, 2.24) is 25.9 Å². The van der Waals surface area contributed by atoms with E-state index in [-0.39, 0.29) is 0 Å². The molecule has 192 valence electrons. The first-order chi connectivity index (χ1) is 18.2. The van der Waals surface area contributed by atoms with Crippen molar-refractivity contribution in [1.29, 1.82) is 0 Å². The molecule has 4 rings (SSSR count). The topological polar surface area (TPSA) is 127 Å². The van der Waals surface area contributed by atoms with Crippen molar-refractivity contribution >= 4 is 29.0 Å². The first-order valence-corrected chi connectivity index (χ1v) is 11.6. The Morgan fingerprint density at radius 3 is 2.05 bits per heavy atom. The van der Waals surface area contributed by atoms with Gasteiger partial charge in [-0.25, -0.2) is 15.4 Å². The summed E-state index contributed by atoms with van der Waals surface area (Å²) in [5.74, 6) is 2.25. The molecule has 5 N–H and O–H groups in total. The van der Waals surface area contributed by atoms with E-state index in [4.69, 9.17) is 14.2 Å². The van der Waals surface area contributed by atoms with E-state index < -0.39 is 0 Å². The number of hydrogen-bond acceptors (Lipinski definition) is 11. The number of ether oxygens (including phenoxy) is 3. The molecule has 0 atom stereocenters. The fraction of sp³-hybridized carbons (Fsp3) is 0.192. The van der Waals surface area contributed by atoms with Gasteiger partial charge in [-0.15, -0.1) is 0 Å². The van der Waals surface area contributed by atoms with Crippen molar-refractivity contribution in [3.05, 3.63) is 78.6 Å². The maximum Gasteiger partial charge on any atom is 0.232 e. The van der Waals surface area contributed by atoms with E-state index in [1.807, 2.05) is 42.5 Å². The van der Waals surface area contributed by atoms with Crippen molar-refractivity contribution in [2.75, 3.05) is 43.9 Å². The second kappa shape index (κ2) is 12.9. The molecule has 0 radical (unpaired) electrons. The first kappa shape index (κ1) is 25.5. The average Bonchev–Trinajstić information content (AvgIpc) is 2.94. The molecule has 0 amide bonds. The van der Waals surface area contributed by atoms with Gasteiger partial charge in [0.1, 0.15) is 6.33 Å². The van der Waals surface area contributed by atoms with E-state index in [0.29, 0.717) is 34.8 Å². The number of methoxy groups -OCH3 is 3. The second-order valence-electron chi connectivity index (χ2n) is 7.75. The number of nitrogens with zero attached hydrogens (tertiary/aromatic N) is 3. The lowest BCUT2D eigenvalue weighted by Crippen LogP contribution is -2.38. The third-order valence-electron chi connectivity index (χ3n) is 5.33. The molecule has 11 heteroatoms. The Bertz CT molecular complexity index is 1260. The van der Waals surface area contributed by atoms with Gasteiger partial charge in [0.05, 0.1) is 32.7 Å². The zero-order valence-corrected chi connectivity index (χ0v) is 20.9. The molecule has 0 saturated heterocycles. The highest BCUT2D eigenvalue weighted by Gasteiger charge is 2.14. The Morgan fingerprint density at radius 2 is 1.38 bits per heavy atom. The van der Waals surface area contributed by atoms with Gasteiger partial charge in [0.25, 0.3) is 0 Å². The number of hydrogen-bond donors (Lipinski definition) is 5. The molecular weight excluding hydrogens is 472 g/mol. The second-order valence-corrected chi connectivity index (χ2v) is 7.75. The van der Waals surface area contributed by atoms with Crippen LogP contribution in [0.3, 0.4) is 0 Å². The van der Waals surface area contributed by atoms with Gasteiger partial charge in [0.15, 0.2) is 11.5 Å². The normalized spacial score (nSPS) is 10.5. The lowest BCUT2D eigenvalue weighted by Gasteiger charge is -2.15. The molecule has 0 fully saturated rings. The molecule has 0 aliphatic rings. The highest BCUT2D eigenvalue weighted by molar-refractivity contribution is 5.72. The van der Waals surface area contributed by atoms with Crippen LogP contribution in [0.1, 0.15) is 5.56 Å². The van der Waals surface area contributed by atoms with Crippen LogP contribution >= 0.6 is 0 Å². The van der Waals surface area contributed by atoms with E-state index in [0.717, 1.165) is 24.3 Å². The third-order valence-corrected chi connectivity index (χ3v) is 5.33. The maximum atomic E-state index is 5.41. The summed E-state index contributed by atoms with van der Waals surface area (Å²) in [6.07, 6.45) is 2.33. The number of benzene rings is 3. The van der Waals surface area contributed by atoms with Crippen LogP contribution in [-0.4, -0.2) is 42.8 Å². The number of aromatic nitrogens is 3. The Kier molecular flexibility index (Phi) is 8.89. The number of nitrogens with one attached hydrogen (secondary N) is 5. The summed E-state index contributed by atoms with van der Waals surface area (Å²) >= 11 is 0. The van der Waals surface area contributed by atoms with Crippen LogP contribution in [-0.2, 0) is 6.42 Å². The van der Waals surface area contributed by atoms with Crippen molar-refractivity contribution in [2.45, 2.75) is 6.42 Å². The Hall–Kier alpha value is -4.61. The van der Waals surface area contributed by atoms with Crippen LogP contribution in [0.25, 0.3) is 0 Å². The molecule has 0 aliphatic carbocycles. The summed E-state index contributed by atoms with van der Waals surface area (Å²) in [7, 11) is 4.68. The number of para-hydroxylation sites is 2. The minimum absolute atomic E-state index is 0.345. The standard InChI is InChI=1S/C26H30N8O3/c1-35-22-15-19(16-23(36-2)24(22)37-3)30-25-27-17-28-26(32-25)31-20-11-7-8-12-21(20)33-34-29-14-13-18-9-5-4-6-10-18/h4-12,15-17,29,33-34H,13-14H2,1-3H3,(H2,27,28,30,31,32). The summed E-state index contributed by atoms with van der Waals surface area (Å²) in [6, 6.07) is 21.6. The van der Waals surface area contributed by atoms with Gasteiger partial charge in [0, 0.05) is 24.4 Å². The molecular formula is C26H30N8O3. The van der Waals surface area contributed by atoms with E-state index in [1.165, 1.54) is 11.9 Å². The highest BCUT2D eigenvalue weighted by Crippen LogP contribution is 2.40. The largest absolute Gasteiger partial charge is 0.493 e. The Morgan fingerprint density at radius 1 is 0.730 bits per heavy atom. The average molecular weight is 503 g/mol. The zero-order chi connectivity index (χ0) is 25.9. The van der Waals surface area contributed by atoms with Gasteiger partial charge in [-0.2, -0.15) is 10.5 Å².